The molecule has 3 rings (SSSR count). The highest BCUT2D eigenvalue weighted by molar-refractivity contribution is 5.48. The Morgan fingerprint density at radius 2 is 2.00 bits per heavy atom. The summed E-state index contributed by atoms with van der Waals surface area (Å²) in [6, 6.07) is 9.95. The molecular weight excluding hydrogens is 246 g/mol. The molecule has 1 aromatic rings. The number of benzene rings is 1. The van der Waals surface area contributed by atoms with Crippen LogP contribution in [0.2, 0.25) is 0 Å². The lowest BCUT2D eigenvalue weighted by Gasteiger charge is -2.38. The third-order valence-corrected chi connectivity index (χ3v) is 4.64. The van der Waals surface area contributed by atoms with Crippen molar-refractivity contribution < 1.29 is 0 Å². The molecule has 3 nitrogen and oxygen atoms in total. The maximum Gasteiger partial charge on any atom is 0.0367 e. The zero-order valence-corrected chi connectivity index (χ0v) is 12.6. The van der Waals surface area contributed by atoms with Crippen LogP contribution >= 0.6 is 0 Å². The summed E-state index contributed by atoms with van der Waals surface area (Å²) in [5.74, 6) is 0. The Morgan fingerprint density at radius 3 is 2.80 bits per heavy atom. The minimum absolute atomic E-state index is 0.801. The fourth-order valence-corrected chi connectivity index (χ4v) is 3.46. The molecule has 0 aliphatic carbocycles. The summed E-state index contributed by atoms with van der Waals surface area (Å²) < 4.78 is 0. The van der Waals surface area contributed by atoms with E-state index in [1.165, 1.54) is 56.7 Å². The summed E-state index contributed by atoms with van der Waals surface area (Å²) >= 11 is 0. The molecule has 0 bridgehead atoms. The van der Waals surface area contributed by atoms with Crippen molar-refractivity contribution in [3.8, 4) is 0 Å². The average molecular weight is 273 g/mol. The predicted octanol–water partition coefficient (Wildman–Crippen LogP) is 2.47. The fraction of sp³-hybridized carbons (Fsp3) is 0.647. The van der Waals surface area contributed by atoms with Gasteiger partial charge in [0, 0.05) is 37.9 Å². The highest BCUT2D eigenvalue weighted by Gasteiger charge is 2.30. The van der Waals surface area contributed by atoms with Crippen LogP contribution in [0.3, 0.4) is 0 Å². The molecule has 1 aromatic carbocycles. The van der Waals surface area contributed by atoms with E-state index in [1.807, 2.05) is 0 Å². The topological polar surface area (TPSA) is 18.5 Å². The summed E-state index contributed by atoms with van der Waals surface area (Å²) in [7, 11) is 0. The van der Waals surface area contributed by atoms with Crippen molar-refractivity contribution in [3.05, 3.63) is 29.8 Å². The maximum atomic E-state index is 3.46. The standard InChI is InChI=1S/C17H27N3/c1-2-9-18-13-15-5-7-16(8-6-15)20-12-11-19-10-3-4-17(19)14-20/h5-8,17-18H,2-4,9-14H2,1H3. The Labute approximate surface area is 123 Å². The van der Waals surface area contributed by atoms with Crippen LogP contribution in [0.5, 0.6) is 0 Å². The maximum absolute atomic E-state index is 3.46. The van der Waals surface area contributed by atoms with Crippen LogP contribution in [-0.4, -0.2) is 43.7 Å². The molecule has 2 heterocycles. The SMILES string of the molecule is CCCNCc1ccc(N2CCN3CCCC3C2)cc1. The third kappa shape index (κ3) is 3.15. The molecule has 0 radical (unpaired) electrons. The molecule has 2 fully saturated rings. The highest BCUT2D eigenvalue weighted by Crippen LogP contribution is 2.25. The Kier molecular flexibility index (Phi) is 4.58. The van der Waals surface area contributed by atoms with Crippen molar-refractivity contribution in [2.24, 2.45) is 0 Å². The normalized spacial score (nSPS) is 23.1. The molecule has 20 heavy (non-hydrogen) atoms. The van der Waals surface area contributed by atoms with Gasteiger partial charge in [0.1, 0.15) is 0 Å². The van der Waals surface area contributed by atoms with Gasteiger partial charge in [0.2, 0.25) is 0 Å². The van der Waals surface area contributed by atoms with E-state index in [4.69, 9.17) is 0 Å². The number of rotatable bonds is 5. The van der Waals surface area contributed by atoms with E-state index in [2.05, 4.69) is 46.3 Å². The minimum atomic E-state index is 0.801. The quantitative estimate of drug-likeness (QED) is 0.832. The number of anilines is 1. The number of nitrogens with one attached hydrogen (secondary N) is 1. The summed E-state index contributed by atoms with van der Waals surface area (Å²) in [5, 5.41) is 3.46. The van der Waals surface area contributed by atoms with E-state index in [9.17, 15) is 0 Å². The summed E-state index contributed by atoms with van der Waals surface area (Å²) in [6.45, 7) is 9.26. The predicted molar refractivity (Wildman–Crippen MR) is 85.2 cm³/mol. The van der Waals surface area contributed by atoms with E-state index < -0.39 is 0 Å². The van der Waals surface area contributed by atoms with Crippen molar-refractivity contribution in [3.63, 3.8) is 0 Å². The van der Waals surface area contributed by atoms with Gasteiger partial charge in [0.05, 0.1) is 0 Å². The van der Waals surface area contributed by atoms with E-state index in [-0.39, 0.29) is 0 Å². The van der Waals surface area contributed by atoms with Crippen LogP contribution in [-0.2, 0) is 6.54 Å². The van der Waals surface area contributed by atoms with Gasteiger partial charge in [0.15, 0.2) is 0 Å². The highest BCUT2D eigenvalue weighted by atomic mass is 15.3. The van der Waals surface area contributed by atoms with Gasteiger partial charge in [-0.1, -0.05) is 19.1 Å². The van der Waals surface area contributed by atoms with Gasteiger partial charge >= 0.3 is 0 Å². The molecule has 0 spiro atoms. The molecule has 2 aliphatic heterocycles. The molecule has 0 aromatic heterocycles. The van der Waals surface area contributed by atoms with Crippen LogP contribution < -0.4 is 10.2 Å². The lowest BCUT2D eigenvalue weighted by Crippen LogP contribution is -2.50. The van der Waals surface area contributed by atoms with Gasteiger partial charge in [-0.15, -0.1) is 0 Å². The molecule has 0 saturated carbocycles. The summed E-state index contributed by atoms with van der Waals surface area (Å²) in [5.41, 5.74) is 2.79. The van der Waals surface area contributed by atoms with Crippen molar-refractivity contribution in [2.45, 2.75) is 38.8 Å². The first-order chi connectivity index (χ1) is 9.86. The van der Waals surface area contributed by atoms with E-state index in [0.29, 0.717) is 0 Å². The molecule has 1 atom stereocenters. The van der Waals surface area contributed by atoms with Gasteiger partial charge in [-0.3, -0.25) is 4.90 Å². The Morgan fingerprint density at radius 1 is 1.15 bits per heavy atom. The number of nitrogens with zero attached hydrogens (tertiary/aromatic N) is 2. The van der Waals surface area contributed by atoms with Crippen molar-refractivity contribution >= 4 is 5.69 Å². The Bertz CT molecular complexity index is 415. The van der Waals surface area contributed by atoms with Gasteiger partial charge in [-0.05, 0) is 50.0 Å². The molecule has 2 aliphatic rings. The second kappa shape index (κ2) is 6.59. The van der Waals surface area contributed by atoms with Gasteiger partial charge in [-0.25, -0.2) is 0 Å². The summed E-state index contributed by atoms with van der Waals surface area (Å²) in [4.78, 5) is 5.23. The number of piperazine rings is 1. The third-order valence-electron chi connectivity index (χ3n) is 4.64. The smallest absolute Gasteiger partial charge is 0.0367 e. The molecule has 2 saturated heterocycles. The van der Waals surface area contributed by atoms with Crippen LogP contribution in [0.15, 0.2) is 24.3 Å². The van der Waals surface area contributed by atoms with Crippen LogP contribution in [0.25, 0.3) is 0 Å². The first-order valence-corrected chi connectivity index (χ1v) is 8.15. The first-order valence-electron chi connectivity index (χ1n) is 8.15. The van der Waals surface area contributed by atoms with E-state index >= 15 is 0 Å². The average Bonchev–Trinajstić information content (AvgIpc) is 2.96. The molecule has 3 heteroatoms. The van der Waals surface area contributed by atoms with Crippen molar-refractivity contribution in [2.75, 3.05) is 37.6 Å². The van der Waals surface area contributed by atoms with E-state index in [0.717, 1.165) is 19.1 Å². The van der Waals surface area contributed by atoms with Gasteiger partial charge in [-0.2, -0.15) is 0 Å². The monoisotopic (exact) mass is 273 g/mol. The summed E-state index contributed by atoms with van der Waals surface area (Å²) in [6.07, 6.45) is 3.97. The number of fused-ring (bicyclic) bond motifs is 1. The van der Waals surface area contributed by atoms with Crippen LogP contribution in [0.4, 0.5) is 5.69 Å². The second-order valence-corrected chi connectivity index (χ2v) is 6.12. The fourth-order valence-electron chi connectivity index (χ4n) is 3.46. The Hall–Kier alpha value is -1.06. The second-order valence-electron chi connectivity index (χ2n) is 6.12. The number of hydrogen-bond acceptors (Lipinski definition) is 3. The molecule has 1 N–H and O–H groups in total. The number of hydrogen-bond donors (Lipinski definition) is 1. The van der Waals surface area contributed by atoms with Gasteiger partial charge in [0.25, 0.3) is 0 Å². The zero-order valence-electron chi connectivity index (χ0n) is 12.6. The van der Waals surface area contributed by atoms with Crippen molar-refractivity contribution in [1.82, 2.24) is 10.2 Å². The molecular formula is C17H27N3. The molecule has 0 amide bonds. The Balaban J connectivity index is 1.57. The molecule has 1 unspecified atom stereocenters. The zero-order chi connectivity index (χ0) is 13.8. The van der Waals surface area contributed by atoms with Crippen LogP contribution in [0, 0.1) is 0 Å². The lowest BCUT2D eigenvalue weighted by molar-refractivity contribution is 0.231. The van der Waals surface area contributed by atoms with E-state index in [1.54, 1.807) is 0 Å². The largest absolute Gasteiger partial charge is 0.369 e. The first kappa shape index (κ1) is 13.9. The molecule has 110 valence electrons. The van der Waals surface area contributed by atoms with Crippen molar-refractivity contribution in [1.29, 1.82) is 0 Å². The minimum Gasteiger partial charge on any atom is -0.369 e. The van der Waals surface area contributed by atoms with Crippen LogP contribution in [0.1, 0.15) is 31.7 Å². The van der Waals surface area contributed by atoms with Gasteiger partial charge < -0.3 is 10.2 Å². The lowest BCUT2D eigenvalue weighted by atomic mass is 10.1.